The summed E-state index contributed by atoms with van der Waals surface area (Å²) in [6, 6.07) is 12.3. The first-order chi connectivity index (χ1) is 9.97. The largest absolute Gasteiger partial charge is 0.331 e. The van der Waals surface area contributed by atoms with Gasteiger partial charge < -0.3 is 5.32 Å². The Hall–Kier alpha value is -0.890. The first-order valence-corrected chi connectivity index (χ1v) is 8.03. The van der Waals surface area contributed by atoms with Crippen molar-refractivity contribution >= 4 is 74.7 Å². The number of amides is 1. The average Bonchev–Trinajstić information content (AvgIpc) is 2.44. The number of hydrogen-bond acceptors (Lipinski definition) is 2. The third kappa shape index (κ3) is 4.54. The highest BCUT2D eigenvalue weighted by Gasteiger charge is 2.13. The predicted molar refractivity (Wildman–Crippen MR) is 99.3 cm³/mol. The summed E-state index contributed by atoms with van der Waals surface area (Å²) in [4.78, 5) is 12.1. The fourth-order valence-electron chi connectivity index (χ4n) is 1.56. The number of thiocarbonyl (C=S) groups is 1. The zero-order valence-corrected chi connectivity index (χ0v) is 15.0. The lowest BCUT2D eigenvalue weighted by Crippen LogP contribution is -2.34. The number of nitrogens with one attached hydrogen (secondary N) is 2. The first kappa shape index (κ1) is 16.5. The van der Waals surface area contributed by atoms with Gasteiger partial charge in [-0.3, -0.25) is 10.1 Å². The van der Waals surface area contributed by atoms with E-state index in [1.54, 1.807) is 30.3 Å². The maximum Gasteiger partial charge on any atom is 0.258 e. The molecule has 2 aromatic rings. The number of para-hydroxylation sites is 1. The molecule has 2 aromatic carbocycles. The minimum Gasteiger partial charge on any atom is -0.331 e. The van der Waals surface area contributed by atoms with E-state index in [1.165, 1.54) is 0 Å². The van der Waals surface area contributed by atoms with Gasteiger partial charge in [0.05, 0.1) is 21.3 Å². The summed E-state index contributed by atoms with van der Waals surface area (Å²) in [6.45, 7) is 0. The van der Waals surface area contributed by atoms with Crippen LogP contribution in [0.4, 0.5) is 5.69 Å². The highest BCUT2D eigenvalue weighted by Crippen LogP contribution is 2.21. The highest BCUT2D eigenvalue weighted by atomic mass is 127. The highest BCUT2D eigenvalue weighted by molar-refractivity contribution is 14.1. The Kier molecular flexibility index (Phi) is 5.80. The number of benzene rings is 2. The molecule has 0 saturated carbocycles. The lowest BCUT2D eigenvalue weighted by atomic mass is 10.2. The number of carbonyl (C=O) groups excluding carboxylic acids is 1. The predicted octanol–water partition coefficient (Wildman–Crippen LogP) is 4.72. The van der Waals surface area contributed by atoms with E-state index in [4.69, 9.17) is 35.4 Å². The van der Waals surface area contributed by atoms with Crippen molar-refractivity contribution in [3.63, 3.8) is 0 Å². The van der Waals surface area contributed by atoms with Crippen molar-refractivity contribution in [1.29, 1.82) is 0 Å². The van der Waals surface area contributed by atoms with Crippen molar-refractivity contribution in [1.82, 2.24) is 5.32 Å². The molecule has 0 aromatic heterocycles. The van der Waals surface area contributed by atoms with E-state index in [2.05, 4.69) is 33.2 Å². The van der Waals surface area contributed by atoms with Gasteiger partial charge in [-0.15, -0.1) is 0 Å². The van der Waals surface area contributed by atoms with Gasteiger partial charge in [-0.25, -0.2) is 0 Å². The van der Waals surface area contributed by atoms with Crippen LogP contribution in [0.2, 0.25) is 10.0 Å². The summed E-state index contributed by atoms with van der Waals surface area (Å²) >= 11 is 19.2. The number of halogens is 3. The second-order valence-electron chi connectivity index (χ2n) is 4.01. The Bertz CT molecular complexity index is 709. The topological polar surface area (TPSA) is 41.1 Å². The molecule has 0 atom stereocenters. The van der Waals surface area contributed by atoms with Crippen LogP contribution < -0.4 is 10.6 Å². The van der Waals surface area contributed by atoms with Gasteiger partial charge in [0, 0.05) is 3.57 Å². The summed E-state index contributed by atoms with van der Waals surface area (Å²) in [6.07, 6.45) is 0. The molecule has 0 bridgehead atoms. The van der Waals surface area contributed by atoms with E-state index in [1.807, 2.05) is 12.1 Å². The third-order valence-electron chi connectivity index (χ3n) is 2.52. The molecule has 0 saturated heterocycles. The van der Waals surface area contributed by atoms with Gasteiger partial charge in [-0.1, -0.05) is 35.3 Å². The SMILES string of the molecule is O=C(NC(=S)Nc1ccccc1Cl)c1cc(I)ccc1Cl. The van der Waals surface area contributed by atoms with Gasteiger partial charge >= 0.3 is 0 Å². The monoisotopic (exact) mass is 450 g/mol. The minimum atomic E-state index is -0.372. The van der Waals surface area contributed by atoms with Crippen LogP contribution in [-0.2, 0) is 0 Å². The van der Waals surface area contributed by atoms with Crippen molar-refractivity contribution < 1.29 is 4.79 Å². The Morgan fingerprint density at radius 3 is 2.52 bits per heavy atom. The first-order valence-electron chi connectivity index (χ1n) is 5.79. The smallest absolute Gasteiger partial charge is 0.258 e. The van der Waals surface area contributed by atoms with Crippen LogP contribution in [0.1, 0.15) is 10.4 Å². The molecule has 1 amide bonds. The quantitative estimate of drug-likeness (QED) is 0.513. The Morgan fingerprint density at radius 1 is 1.10 bits per heavy atom. The standard InChI is InChI=1S/C14H9Cl2IN2OS/c15-10-6-5-8(17)7-9(10)13(20)19-14(21)18-12-4-2-1-3-11(12)16/h1-7H,(H2,18,19,20,21). The fraction of sp³-hybridized carbons (Fsp3) is 0. The van der Waals surface area contributed by atoms with Crippen LogP contribution in [0.15, 0.2) is 42.5 Å². The van der Waals surface area contributed by atoms with E-state index in [0.717, 1.165) is 3.57 Å². The summed E-state index contributed by atoms with van der Waals surface area (Å²) in [5.74, 6) is -0.372. The molecule has 21 heavy (non-hydrogen) atoms. The van der Waals surface area contributed by atoms with Crippen molar-refractivity contribution in [3.8, 4) is 0 Å². The van der Waals surface area contributed by atoms with Gasteiger partial charge in [-0.05, 0) is 65.1 Å². The summed E-state index contributed by atoms with van der Waals surface area (Å²) in [5, 5.41) is 6.48. The van der Waals surface area contributed by atoms with Crippen LogP contribution in [-0.4, -0.2) is 11.0 Å². The second kappa shape index (κ2) is 7.40. The molecule has 3 nitrogen and oxygen atoms in total. The number of rotatable bonds is 2. The maximum absolute atomic E-state index is 12.1. The van der Waals surface area contributed by atoms with Crippen molar-refractivity contribution in [2.75, 3.05) is 5.32 Å². The number of carbonyl (C=O) groups is 1. The minimum absolute atomic E-state index is 0.156. The molecule has 0 spiro atoms. The summed E-state index contributed by atoms with van der Waals surface area (Å²) in [7, 11) is 0. The Balaban J connectivity index is 2.08. The zero-order chi connectivity index (χ0) is 15.4. The molecule has 0 aliphatic rings. The van der Waals surface area contributed by atoms with Crippen LogP contribution in [0.5, 0.6) is 0 Å². The molecule has 0 aliphatic heterocycles. The van der Waals surface area contributed by atoms with Crippen LogP contribution in [0.25, 0.3) is 0 Å². The van der Waals surface area contributed by atoms with Crippen LogP contribution >= 0.6 is 58.0 Å². The average molecular weight is 451 g/mol. The fourth-order valence-corrected chi connectivity index (χ4v) is 2.64. The normalized spacial score (nSPS) is 10.0. The van der Waals surface area contributed by atoms with Crippen molar-refractivity contribution in [2.45, 2.75) is 0 Å². The Morgan fingerprint density at radius 2 is 1.81 bits per heavy atom. The summed E-state index contributed by atoms with van der Waals surface area (Å²) in [5.41, 5.74) is 0.991. The molecule has 0 heterocycles. The molecule has 0 aliphatic carbocycles. The van der Waals surface area contributed by atoms with Crippen LogP contribution in [0.3, 0.4) is 0 Å². The third-order valence-corrected chi connectivity index (χ3v) is 4.06. The number of hydrogen-bond donors (Lipinski definition) is 2. The molecular formula is C14H9Cl2IN2OS. The van der Waals surface area contributed by atoms with Crippen molar-refractivity contribution in [3.05, 3.63) is 61.6 Å². The van der Waals surface area contributed by atoms with E-state index in [9.17, 15) is 4.79 Å². The molecule has 0 unspecified atom stereocenters. The maximum atomic E-state index is 12.1. The van der Waals surface area contributed by atoms with Gasteiger partial charge in [0.1, 0.15) is 0 Å². The van der Waals surface area contributed by atoms with Crippen molar-refractivity contribution in [2.24, 2.45) is 0 Å². The van der Waals surface area contributed by atoms with E-state index in [0.29, 0.717) is 21.3 Å². The molecule has 0 fully saturated rings. The molecule has 7 heteroatoms. The lowest BCUT2D eigenvalue weighted by molar-refractivity contribution is 0.0978. The lowest BCUT2D eigenvalue weighted by Gasteiger charge is -2.11. The molecule has 0 radical (unpaired) electrons. The van der Waals surface area contributed by atoms with Gasteiger partial charge in [0.2, 0.25) is 0 Å². The molecule has 2 N–H and O–H groups in total. The number of anilines is 1. The van der Waals surface area contributed by atoms with Gasteiger partial charge in [0.25, 0.3) is 5.91 Å². The Labute approximate surface area is 151 Å². The molecule has 2 rings (SSSR count). The van der Waals surface area contributed by atoms with Gasteiger partial charge in [0.15, 0.2) is 5.11 Å². The molecule has 108 valence electrons. The van der Waals surface area contributed by atoms with E-state index < -0.39 is 0 Å². The van der Waals surface area contributed by atoms with E-state index in [-0.39, 0.29) is 11.0 Å². The van der Waals surface area contributed by atoms with E-state index >= 15 is 0 Å². The van der Waals surface area contributed by atoms with Gasteiger partial charge in [-0.2, -0.15) is 0 Å². The second-order valence-corrected chi connectivity index (χ2v) is 6.48. The molecular weight excluding hydrogens is 442 g/mol. The summed E-state index contributed by atoms with van der Waals surface area (Å²) < 4.78 is 0.909. The van der Waals surface area contributed by atoms with Crippen LogP contribution in [0, 0.1) is 3.57 Å². The zero-order valence-electron chi connectivity index (χ0n) is 10.5.